The summed E-state index contributed by atoms with van der Waals surface area (Å²) in [5.41, 5.74) is 0.582. The standard InChI is InChI=1S/C16H19NO5S2/c1-17(24(20,21)15-11-7-4-8-12-15)13-16(22-23(2,18)19)14-9-5-3-6-10-14/h3-12,16H,13H2,1-2H3. The maximum Gasteiger partial charge on any atom is 0.265 e. The molecular formula is C16H19NO5S2. The number of sulfonamides is 1. The highest BCUT2D eigenvalue weighted by atomic mass is 32.2. The average molecular weight is 369 g/mol. The van der Waals surface area contributed by atoms with Gasteiger partial charge in [0.15, 0.2) is 0 Å². The molecule has 1 unspecified atom stereocenters. The molecule has 0 radical (unpaired) electrons. The quantitative estimate of drug-likeness (QED) is 0.698. The fourth-order valence-electron chi connectivity index (χ4n) is 2.17. The molecule has 0 saturated heterocycles. The predicted octanol–water partition coefficient (Wildman–Crippen LogP) is 2.02. The Balaban J connectivity index is 2.29. The molecule has 0 bridgehead atoms. The summed E-state index contributed by atoms with van der Waals surface area (Å²) in [5.74, 6) is 0. The molecule has 130 valence electrons. The summed E-state index contributed by atoms with van der Waals surface area (Å²) >= 11 is 0. The first-order chi connectivity index (χ1) is 11.2. The number of rotatable bonds is 7. The van der Waals surface area contributed by atoms with Crippen molar-refractivity contribution in [2.75, 3.05) is 19.8 Å². The van der Waals surface area contributed by atoms with Crippen LogP contribution in [-0.2, 0) is 24.3 Å². The van der Waals surface area contributed by atoms with Crippen LogP contribution in [0.3, 0.4) is 0 Å². The lowest BCUT2D eigenvalue weighted by atomic mass is 10.1. The van der Waals surface area contributed by atoms with Crippen LogP contribution >= 0.6 is 0 Å². The monoisotopic (exact) mass is 369 g/mol. The molecular weight excluding hydrogens is 350 g/mol. The highest BCUT2D eigenvalue weighted by Crippen LogP contribution is 2.23. The third-order valence-electron chi connectivity index (χ3n) is 3.34. The van der Waals surface area contributed by atoms with Crippen molar-refractivity contribution < 1.29 is 21.0 Å². The van der Waals surface area contributed by atoms with Gasteiger partial charge in [-0.3, -0.25) is 4.18 Å². The van der Waals surface area contributed by atoms with Gasteiger partial charge in [0, 0.05) is 13.6 Å². The van der Waals surface area contributed by atoms with E-state index in [1.165, 1.54) is 19.2 Å². The molecule has 6 nitrogen and oxygen atoms in total. The van der Waals surface area contributed by atoms with Gasteiger partial charge in [0.25, 0.3) is 10.1 Å². The molecule has 0 saturated carbocycles. The maximum atomic E-state index is 12.6. The van der Waals surface area contributed by atoms with E-state index in [9.17, 15) is 16.8 Å². The van der Waals surface area contributed by atoms with E-state index in [0.29, 0.717) is 5.56 Å². The minimum absolute atomic E-state index is 0.131. The van der Waals surface area contributed by atoms with Gasteiger partial charge in [-0.25, -0.2) is 8.42 Å². The minimum Gasteiger partial charge on any atom is -0.261 e. The summed E-state index contributed by atoms with van der Waals surface area (Å²) in [6.07, 6.45) is 0.0129. The zero-order valence-corrected chi connectivity index (χ0v) is 15.0. The van der Waals surface area contributed by atoms with Crippen molar-refractivity contribution in [3.63, 3.8) is 0 Å². The largest absolute Gasteiger partial charge is 0.265 e. The van der Waals surface area contributed by atoms with Gasteiger partial charge < -0.3 is 0 Å². The summed E-state index contributed by atoms with van der Waals surface area (Å²) in [6.45, 7) is -0.131. The Morgan fingerprint density at radius 1 is 0.917 bits per heavy atom. The number of benzene rings is 2. The Hall–Kier alpha value is -1.74. The van der Waals surface area contributed by atoms with Crippen molar-refractivity contribution in [1.29, 1.82) is 0 Å². The first-order valence-corrected chi connectivity index (χ1v) is 10.4. The number of likely N-dealkylation sites (N-methyl/N-ethyl adjacent to an activating group) is 1. The Kier molecular flexibility index (Phi) is 5.76. The van der Waals surface area contributed by atoms with Crippen LogP contribution in [0.4, 0.5) is 0 Å². The summed E-state index contributed by atoms with van der Waals surface area (Å²) in [5, 5.41) is 0. The SMILES string of the molecule is CN(CC(OS(C)(=O)=O)c1ccccc1)S(=O)(=O)c1ccccc1. The zero-order chi connectivity index (χ0) is 17.8. The highest BCUT2D eigenvalue weighted by Gasteiger charge is 2.27. The van der Waals surface area contributed by atoms with Crippen molar-refractivity contribution in [2.45, 2.75) is 11.0 Å². The number of hydrogen-bond acceptors (Lipinski definition) is 5. The Bertz CT molecular complexity index is 865. The van der Waals surface area contributed by atoms with Crippen LogP contribution in [0.5, 0.6) is 0 Å². The van der Waals surface area contributed by atoms with Gasteiger partial charge in [-0.1, -0.05) is 48.5 Å². The van der Waals surface area contributed by atoms with E-state index in [4.69, 9.17) is 4.18 Å². The molecule has 0 N–H and O–H groups in total. The molecule has 2 aromatic rings. The van der Waals surface area contributed by atoms with Crippen molar-refractivity contribution >= 4 is 20.1 Å². The van der Waals surface area contributed by atoms with E-state index in [-0.39, 0.29) is 11.4 Å². The lowest BCUT2D eigenvalue weighted by Gasteiger charge is -2.23. The zero-order valence-electron chi connectivity index (χ0n) is 13.4. The van der Waals surface area contributed by atoms with Gasteiger partial charge >= 0.3 is 0 Å². The van der Waals surface area contributed by atoms with Gasteiger partial charge in [0.2, 0.25) is 10.0 Å². The van der Waals surface area contributed by atoms with Gasteiger partial charge in [0.05, 0.1) is 11.2 Å². The van der Waals surface area contributed by atoms with Crippen molar-refractivity contribution in [3.8, 4) is 0 Å². The van der Waals surface area contributed by atoms with Crippen molar-refractivity contribution in [2.24, 2.45) is 0 Å². The molecule has 0 spiro atoms. The van der Waals surface area contributed by atoms with E-state index in [1.807, 2.05) is 0 Å². The van der Waals surface area contributed by atoms with Crippen LogP contribution in [0, 0.1) is 0 Å². The molecule has 0 aromatic heterocycles. The summed E-state index contributed by atoms with van der Waals surface area (Å²) in [7, 11) is -6.10. The lowest BCUT2D eigenvalue weighted by molar-refractivity contribution is 0.189. The summed E-state index contributed by atoms with van der Waals surface area (Å²) < 4.78 is 54.4. The predicted molar refractivity (Wildman–Crippen MR) is 91.4 cm³/mol. The van der Waals surface area contributed by atoms with Gasteiger partial charge in [-0.2, -0.15) is 12.7 Å². The third kappa shape index (κ3) is 4.88. The minimum atomic E-state index is -3.75. The molecule has 0 heterocycles. The fourth-order valence-corrected chi connectivity index (χ4v) is 3.96. The van der Waals surface area contributed by atoms with Crippen molar-refractivity contribution in [1.82, 2.24) is 4.31 Å². The highest BCUT2D eigenvalue weighted by molar-refractivity contribution is 7.89. The van der Waals surface area contributed by atoms with Crippen LogP contribution < -0.4 is 0 Å². The normalized spacial score (nSPS) is 13.8. The molecule has 0 aliphatic carbocycles. The smallest absolute Gasteiger partial charge is 0.261 e. The van der Waals surface area contributed by atoms with Crippen LogP contribution in [0.15, 0.2) is 65.6 Å². The fraction of sp³-hybridized carbons (Fsp3) is 0.250. The van der Waals surface area contributed by atoms with E-state index in [1.54, 1.807) is 48.5 Å². The molecule has 0 fully saturated rings. The summed E-state index contributed by atoms with van der Waals surface area (Å²) in [6, 6.07) is 16.6. The Morgan fingerprint density at radius 3 is 1.92 bits per heavy atom. The molecule has 2 aromatic carbocycles. The maximum absolute atomic E-state index is 12.6. The first-order valence-electron chi connectivity index (χ1n) is 7.15. The van der Waals surface area contributed by atoms with Crippen LogP contribution in [0.2, 0.25) is 0 Å². The third-order valence-corrected chi connectivity index (χ3v) is 5.76. The van der Waals surface area contributed by atoms with Crippen LogP contribution in [0.1, 0.15) is 11.7 Å². The Labute approximate surface area is 142 Å². The topological polar surface area (TPSA) is 80.8 Å². The van der Waals surface area contributed by atoms with E-state index in [2.05, 4.69) is 0 Å². The van der Waals surface area contributed by atoms with Gasteiger partial charge in [0.1, 0.15) is 6.10 Å². The molecule has 2 rings (SSSR count). The Morgan fingerprint density at radius 2 is 1.42 bits per heavy atom. The molecule has 0 aliphatic rings. The first kappa shape index (κ1) is 18.6. The van der Waals surface area contributed by atoms with Crippen LogP contribution in [-0.4, -0.2) is 41.0 Å². The van der Waals surface area contributed by atoms with Gasteiger partial charge in [-0.15, -0.1) is 0 Å². The molecule has 0 amide bonds. The van der Waals surface area contributed by atoms with Gasteiger partial charge in [-0.05, 0) is 17.7 Å². The second kappa shape index (κ2) is 7.43. The van der Waals surface area contributed by atoms with Crippen LogP contribution in [0.25, 0.3) is 0 Å². The number of nitrogens with zero attached hydrogens (tertiary/aromatic N) is 1. The molecule has 1 atom stereocenters. The molecule has 0 aliphatic heterocycles. The second-order valence-corrected chi connectivity index (χ2v) is 8.94. The molecule has 24 heavy (non-hydrogen) atoms. The van der Waals surface area contributed by atoms with Crippen molar-refractivity contribution in [3.05, 3.63) is 66.2 Å². The average Bonchev–Trinajstić information content (AvgIpc) is 2.54. The van der Waals surface area contributed by atoms with E-state index >= 15 is 0 Å². The van der Waals surface area contributed by atoms with E-state index < -0.39 is 26.2 Å². The van der Waals surface area contributed by atoms with E-state index in [0.717, 1.165) is 10.6 Å². The lowest BCUT2D eigenvalue weighted by Crippen LogP contribution is -2.32. The molecule has 8 heteroatoms. The summed E-state index contributed by atoms with van der Waals surface area (Å²) in [4.78, 5) is 0.138. The second-order valence-electron chi connectivity index (χ2n) is 5.30. The number of hydrogen-bond donors (Lipinski definition) is 0.